The minimum absolute atomic E-state index is 0.0107. The van der Waals surface area contributed by atoms with E-state index in [4.69, 9.17) is 0 Å². The van der Waals surface area contributed by atoms with E-state index in [0.717, 1.165) is 23.9 Å². The molecule has 1 aliphatic rings. The first-order valence-corrected chi connectivity index (χ1v) is 7.03. The first-order chi connectivity index (χ1) is 10.1. The fourth-order valence-corrected chi connectivity index (χ4v) is 2.80. The molecule has 1 atom stereocenters. The second-order valence-electron chi connectivity index (χ2n) is 5.52. The van der Waals surface area contributed by atoms with Crippen molar-refractivity contribution >= 4 is 22.8 Å². The normalized spacial score (nSPS) is 18.2. The number of nitrogens with zero attached hydrogens (tertiary/aromatic N) is 3. The van der Waals surface area contributed by atoms with E-state index in [2.05, 4.69) is 9.97 Å². The number of benzene rings is 1. The van der Waals surface area contributed by atoms with Crippen molar-refractivity contribution in [1.29, 1.82) is 0 Å². The molecular weight excluding hydrogens is 268 g/mol. The minimum Gasteiger partial charge on any atom is -0.347 e. The van der Waals surface area contributed by atoms with Crippen molar-refractivity contribution in [3.63, 3.8) is 0 Å². The average molecular weight is 286 g/mol. The summed E-state index contributed by atoms with van der Waals surface area (Å²) in [5.74, 6) is -0.104. The molecule has 1 unspecified atom stereocenters. The number of hydrogen-bond donors (Lipinski definition) is 1. The molecule has 1 aromatic carbocycles. The molecule has 1 fully saturated rings. The summed E-state index contributed by atoms with van der Waals surface area (Å²) in [6.45, 7) is 0.629. The quantitative estimate of drug-likeness (QED) is 0.903. The molecule has 0 saturated carbocycles. The fourth-order valence-electron chi connectivity index (χ4n) is 2.80. The highest BCUT2D eigenvalue weighted by Crippen LogP contribution is 2.22. The van der Waals surface area contributed by atoms with Gasteiger partial charge in [-0.3, -0.25) is 9.59 Å². The number of carbonyl (C=O) groups is 2. The maximum Gasteiger partial charge on any atom is 0.254 e. The number of imidazole rings is 1. The lowest BCUT2D eigenvalue weighted by Gasteiger charge is -2.26. The number of aromatic amines is 1. The minimum atomic E-state index is -0.343. The molecule has 110 valence electrons. The molecule has 0 aliphatic carbocycles. The second-order valence-corrected chi connectivity index (χ2v) is 5.52. The lowest BCUT2D eigenvalue weighted by Crippen LogP contribution is -2.45. The predicted octanol–water partition coefficient (Wildman–Crippen LogP) is 1.26. The Morgan fingerprint density at radius 1 is 1.38 bits per heavy atom. The number of likely N-dealkylation sites (N-methyl/N-ethyl adjacent to an activating group) is 1. The Balaban J connectivity index is 1.88. The van der Waals surface area contributed by atoms with E-state index >= 15 is 0 Å². The van der Waals surface area contributed by atoms with Crippen LogP contribution >= 0.6 is 0 Å². The molecule has 1 saturated heterocycles. The summed E-state index contributed by atoms with van der Waals surface area (Å²) in [5, 5.41) is 0. The Morgan fingerprint density at radius 2 is 2.19 bits per heavy atom. The standard InChI is InChI=1S/C15H18N4O2/c1-18(2)15(21)13-4-3-7-19(13)14(20)10-5-6-11-12(8-10)17-9-16-11/h5-6,8-9,13H,3-4,7H2,1-2H3,(H,16,17). The van der Waals surface area contributed by atoms with Crippen molar-refractivity contribution in [1.82, 2.24) is 19.8 Å². The Morgan fingerprint density at radius 3 is 2.95 bits per heavy atom. The van der Waals surface area contributed by atoms with Crippen LogP contribution in [0.2, 0.25) is 0 Å². The second kappa shape index (κ2) is 5.20. The number of aromatic nitrogens is 2. The molecule has 1 aliphatic heterocycles. The monoisotopic (exact) mass is 286 g/mol. The Kier molecular flexibility index (Phi) is 3.37. The number of amides is 2. The van der Waals surface area contributed by atoms with Gasteiger partial charge in [0, 0.05) is 26.2 Å². The number of fused-ring (bicyclic) bond motifs is 1. The van der Waals surface area contributed by atoms with E-state index in [-0.39, 0.29) is 17.9 Å². The zero-order chi connectivity index (χ0) is 15.0. The van der Waals surface area contributed by atoms with Crippen LogP contribution in [0.5, 0.6) is 0 Å². The predicted molar refractivity (Wildman–Crippen MR) is 78.8 cm³/mol. The van der Waals surface area contributed by atoms with E-state index in [9.17, 15) is 9.59 Å². The zero-order valence-electron chi connectivity index (χ0n) is 12.2. The topological polar surface area (TPSA) is 69.3 Å². The molecule has 0 spiro atoms. The van der Waals surface area contributed by atoms with Crippen LogP contribution in [0.1, 0.15) is 23.2 Å². The van der Waals surface area contributed by atoms with Gasteiger partial charge >= 0.3 is 0 Å². The van der Waals surface area contributed by atoms with Gasteiger partial charge in [-0.2, -0.15) is 0 Å². The Hall–Kier alpha value is -2.37. The molecule has 1 aromatic heterocycles. The van der Waals surface area contributed by atoms with Crippen LogP contribution in [0.3, 0.4) is 0 Å². The molecule has 0 radical (unpaired) electrons. The number of H-pyrrole nitrogens is 1. The van der Waals surface area contributed by atoms with Crippen LogP contribution in [0, 0.1) is 0 Å². The van der Waals surface area contributed by atoms with Gasteiger partial charge in [0.25, 0.3) is 5.91 Å². The number of likely N-dealkylation sites (tertiary alicyclic amines) is 1. The average Bonchev–Trinajstić information content (AvgIpc) is 3.13. The van der Waals surface area contributed by atoms with E-state index in [1.807, 2.05) is 6.07 Å². The maximum absolute atomic E-state index is 12.7. The third kappa shape index (κ3) is 2.37. The first kappa shape index (κ1) is 13.6. The van der Waals surface area contributed by atoms with Crippen molar-refractivity contribution in [2.75, 3.05) is 20.6 Å². The van der Waals surface area contributed by atoms with Gasteiger partial charge in [-0.05, 0) is 31.0 Å². The Labute approximate surface area is 122 Å². The van der Waals surface area contributed by atoms with E-state index in [1.54, 1.807) is 42.4 Å². The summed E-state index contributed by atoms with van der Waals surface area (Å²) in [4.78, 5) is 35.2. The van der Waals surface area contributed by atoms with Crippen LogP contribution in [-0.4, -0.2) is 58.3 Å². The zero-order valence-corrected chi connectivity index (χ0v) is 12.2. The maximum atomic E-state index is 12.7. The van der Waals surface area contributed by atoms with Crippen LogP contribution in [0.15, 0.2) is 24.5 Å². The molecule has 2 heterocycles. The molecule has 21 heavy (non-hydrogen) atoms. The number of nitrogens with one attached hydrogen (secondary N) is 1. The fraction of sp³-hybridized carbons (Fsp3) is 0.400. The summed E-state index contributed by atoms with van der Waals surface area (Å²) in [5.41, 5.74) is 2.25. The summed E-state index contributed by atoms with van der Waals surface area (Å²) in [6.07, 6.45) is 3.20. The number of carbonyl (C=O) groups excluding carboxylic acids is 2. The highest BCUT2D eigenvalue weighted by molar-refractivity contribution is 6.00. The summed E-state index contributed by atoms with van der Waals surface area (Å²) < 4.78 is 0. The summed E-state index contributed by atoms with van der Waals surface area (Å²) >= 11 is 0. The number of hydrogen-bond acceptors (Lipinski definition) is 3. The molecular formula is C15H18N4O2. The largest absolute Gasteiger partial charge is 0.347 e. The van der Waals surface area contributed by atoms with Gasteiger partial charge in [-0.25, -0.2) is 4.98 Å². The van der Waals surface area contributed by atoms with E-state index < -0.39 is 0 Å². The third-order valence-corrected chi connectivity index (χ3v) is 3.91. The van der Waals surface area contributed by atoms with Crippen molar-refractivity contribution in [3.8, 4) is 0 Å². The van der Waals surface area contributed by atoms with Gasteiger partial charge < -0.3 is 14.8 Å². The van der Waals surface area contributed by atoms with Crippen LogP contribution in [0.4, 0.5) is 0 Å². The highest BCUT2D eigenvalue weighted by atomic mass is 16.2. The van der Waals surface area contributed by atoms with Gasteiger partial charge in [0.15, 0.2) is 0 Å². The molecule has 6 heteroatoms. The van der Waals surface area contributed by atoms with Crippen molar-refractivity contribution in [2.45, 2.75) is 18.9 Å². The van der Waals surface area contributed by atoms with Gasteiger partial charge in [-0.15, -0.1) is 0 Å². The molecule has 6 nitrogen and oxygen atoms in total. The lowest BCUT2D eigenvalue weighted by molar-refractivity contribution is -0.132. The molecule has 0 bridgehead atoms. The molecule has 2 aromatic rings. The number of rotatable bonds is 2. The van der Waals surface area contributed by atoms with Gasteiger partial charge in [0.1, 0.15) is 6.04 Å². The SMILES string of the molecule is CN(C)C(=O)C1CCCN1C(=O)c1ccc2nc[nH]c2c1. The first-order valence-electron chi connectivity index (χ1n) is 7.03. The summed E-state index contributed by atoms with van der Waals surface area (Å²) in [7, 11) is 3.44. The molecule has 1 N–H and O–H groups in total. The van der Waals surface area contributed by atoms with Crippen LogP contribution < -0.4 is 0 Å². The third-order valence-electron chi connectivity index (χ3n) is 3.91. The van der Waals surface area contributed by atoms with Crippen molar-refractivity contribution in [2.24, 2.45) is 0 Å². The van der Waals surface area contributed by atoms with Gasteiger partial charge in [-0.1, -0.05) is 0 Å². The lowest BCUT2D eigenvalue weighted by atomic mass is 10.1. The van der Waals surface area contributed by atoms with Crippen LogP contribution in [-0.2, 0) is 4.79 Å². The van der Waals surface area contributed by atoms with Gasteiger partial charge in [0.2, 0.25) is 5.91 Å². The van der Waals surface area contributed by atoms with E-state index in [0.29, 0.717) is 12.1 Å². The van der Waals surface area contributed by atoms with Crippen molar-refractivity contribution in [3.05, 3.63) is 30.1 Å². The Bertz CT molecular complexity index is 692. The van der Waals surface area contributed by atoms with Crippen LogP contribution in [0.25, 0.3) is 11.0 Å². The molecule has 3 rings (SSSR count). The highest BCUT2D eigenvalue weighted by Gasteiger charge is 2.35. The molecule has 2 amide bonds. The van der Waals surface area contributed by atoms with Crippen molar-refractivity contribution < 1.29 is 9.59 Å². The smallest absolute Gasteiger partial charge is 0.254 e. The van der Waals surface area contributed by atoms with E-state index in [1.165, 1.54) is 0 Å². The van der Waals surface area contributed by atoms with Gasteiger partial charge in [0.05, 0.1) is 17.4 Å². The summed E-state index contributed by atoms with van der Waals surface area (Å²) in [6, 6.07) is 5.03.